The molecule has 0 aliphatic rings. The van der Waals surface area contributed by atoms with E-state index in [2.05, 4.69) is 21.3 Å². The predicted octanol–water partition coefficient (Wildman–Crippen LogP) is 1.48. The van der Waals surface area contributed by atoms with Gasteiger partial charge in [-0.3, -0.25) is 9.59 Å². The summed E-state index contributed by atoms with van der Waals surface area (Å²) >= 11 is 0. The number of carbonyl (C=O) groups excluding carboxylic acids is 2. The fourth-order valence-corrected chi connectivity index (χ4v) is 3.63. The molecule has 8 nitrogen and oxygen atoms in total. The van der Waals surface area contributed by atoms with Gasteiger partial charge >= 0.3 is 0 Å². The fourth-order valence-electron chi connectivity index (χ4n) is 3.63. The van der Waals surface area contributed by atoms with E-state index in [0.29, 0.717) is 13.0 Å². The van der Waals surface area contributed by atoms with Crippen LogP contribution >= 0.6 is 0 Å². The summed E-state index contributed by atoms with van der Waals surface area (Å²) in [7, 11) is 0. The van der Waals surface area contributed by atoms with Crippen LogP contribution in [0.25, 0.3) is 0 Å². The summed E-state index contributed by atoms with van der Waals surface area (Å²) in [6.07, 6.45) is 4.61. The number of hydrogen-bond donors (Lipinski definition) is 6. The Hall–Kier alpha value is -2.94. The van der Waals surface area contributed by atoms with Crippen LogP contribution in [-0.2, 0) is 22.4 Å². The number of phenols is 1. The normalized spacial score (nSPS) is 11.7. The first kappa shape index (κ1) is 28.3. The second-order valence-corrected chi connectivity index (χ2v) is 8.65. The first-order valence-corrected chi connectivity index (χ1v) is 12.6. The second kappa shape index (κ2) is 17.5. The molecule has 35 heavy (non-hydrogen) atoms. The first-order chi connectivity index (χ1) is 17.1. The topological polar surface area (TPSA) is 129 Å². The fraction of sp³-hybridized carbons (Fsp3) is 0.481. The molecule has 2 rings (SSSR count). The molecule has 0 fully saturated rings. The van der Waals surface area contributed by atoms with Gasteiger partial charge in [0.15, 0.2) is 0 Å². The molecule has 2 amide bonds. The van der Waals surface area contributed by atoms with Crippen molar-refractivity contribution in [2.45, 2.75) is 44.6 Å². The van der Waals surface area contributed by atoms with E-state index >= 15 is 0 Å². The van der Waals surface area contributed by atoms with Crippen molar-refractivity contribution in [3.63, 3.8) is 0 Å². The van der Waals surface area contributed by atoms with Gasteiger partial charge in [-0.25, -0.2) is 0 Å². The Balaban J connectivity index is 1.71. The number of hydrogen-bond acceptors (Lipinski definition) is 6. The summed E-state index contributed by atoms with van der Waals surface area (Å²) in [6.45, 7) is 5.02. The molecular formula is C27H41N5O3. The molecular weight excluding hydrogens is 442 g/mol. The summed E-state index contributed by atoms with van der Waals surface area (Å²) in [5, 5.41) is 22.1. The second-order valence-electron chi connectivity index (χ2n) is 8.65. The average molecular weight is 484 g/mol. The molecule has 0 aliphatic heterocycles. The Morgan fingerprint density at radius 2 is 1.40 bits per heavy atom. The van der Waals surface area contributed by atoms with E-state index in [1.54, 1.807) is 24.3 Å². The zero-order chi connectivity index (χ0) is 25.1. The Morgan fingerprint density at radius 3 is 2.06 bits per heavy atom. The highest BCUT2D eigenvalue weighted by Gasteiger charge is 2.21. The molecule has 0 unspecified atom stereocenters. The first-order valence-electron chi connectivity index (χ1n) is 12.6. The van der Waals surface area contributed by atoms with E-state index in [0.717, 1.165) is 69.5 Å². The Labute approximate surface area is 209 Å². The lowest BCUT2D eigenvalue weighted by molar-refractivity contribution is -0.128. The highest BCUT2D eigenvalue weighted by atomic mass is 16.3. The van der Waals surface area contributed by atoms with Gasteiger partial charge in [0.2, 0.25) is 11.8 Å². The number of amides is 2. The minimum Gasteiger partial charge on any atom is -0.508 e. The van der Waals surface area contributed by atoms with Gasteiger partial charge in [0.05, 0.1) is 6.42 Å². The molecule has 0 saturated heterocycles. The highest BCUT2D eigenvalue weighted by Crippen LogP contribution is 2.12. The maximum Gasteiger partial charge on any atom is 0.242 e. The van der Waals surface area contributed by atoms with Crippen LogP contribution in [0, 0.1) is 0 Å². The van der Waals surface area contributed by atoms with Gasteiger partial charge < -0.3 is 32.1 Å². The van der Waals surface area contributed by atoms with Crippen molar-refractivity contribution in [1.82, 2.24) is 21.3 Å². The Bertz CT molecular complexity index is 846. The molecule has 0 aliphatic carbocycles. The average Bonchev–Trinajstić information content (AvgIpc) is 2.86. The Kier molecular flexibility index (Phi) is 14.1. The number of nitrogens with one attached hydrogen (secondary N) is 4. The molecule has 0 spiro atoms. The lowest BCUT2D eigenvalue weighted by atomic mass is 10.0. The van der Waals surface area contributed by atoms with Gasteiger partial charge in [-0.15, -0.1) is 0 Å². The van der Waals surface area contributed by atoms with Crippen molar-refractivity contribution in [3.8, 4) is 5.75 Å². The van der Waals surface area contributed by atoms with Crippen LogP contribution in [0.2, 0.25) is 0 Å². The van der Waals surface area contributed by atoms with Crippen LogP contribution in [0.3, 0.4) is 0 Å². The summed E-state index contributed by atoms with van der Waals surface area (Å²) in [5.74, 6) is -0.240. The minimum absolute atomic E-state index is 0.165. The molecule has 0 saturated carbocycles. The molecule has 8 heteroatoms. The van der Waals surface area contributed by atoms with Crippen molar-refractivity contribution in [1.29, 1.82) is 0 Å². The van der Waals surface area contributed by atoms with Gasteiger partial charge in [0, 0.05) is 13.0 Å². The van der Waals surface area contributed by atoms with Crippen molar-refractivity contribution in [3.05, 3.63) is 65.7 Å². The van der Waals surface area contributed by atoms with Crippen LogP contribution in [-0.4, -0.2) is 62.2 Å². The van der Waals surface area contributed by atoms with Gasteiger partial charge in [0.25, 0.3) is 0 Å². The highest BCUT2D eigenvalue weighted by molar-refractivity contribution is 5.88. The number of unbranched alkanes of at least 4 members (excludes halogenated alkanes) is 1. The van der Waals surface area contributed by atoms with Crippen molar-refractivity contribution in [2.24, 2.45) is 5.73 Å². The number of carbonyl (C=O) groups is 2. The molecule has 1 atom stereocenters. The largest absolute Gasteiger partial charge is 0.508 e. The summed E-state index contributed by atoms with van der Waals surface area (Å²) in [6, 6.07) is 15.5. The van der Waals surface area contributed by atoms with Crippen molar-refractivity contribution < 1.29 is 14.7 Å². The zero-order valence-corrected chi connectivity index (χ0v) is 20.6. The molecule has 192 valence electrons. The van der Waals surface area contributed by atoms with Crippen LogP contribution in [0.4, 0.5) is 0 Å². The van der Waals surface area contributed by atoms with Gasteiger partial charge in [-0.1, -0.05) is 42.5 Å². The maximum atomic E-state index is 12.9. The maximum absolute atomic E-state index is 12.9. The molecule has 0 heterocycles. The van der Waals surface area contributed by atoms with E-state index < -0.39 is 6.04 Å². The van der Waals surface area contributed by atoms with E-state index in [1.807, 2.05) is 30.3 Å². The van der Waals surface area contributed by atoms with Crippen molar-refractivity contribution in [2.75, 3.05) is 39.3 Å². The molecule has 0 radical (unpaired) electrons. The predicted molar refractivity (Wildman–Crippen MR) is 140 cm³/mol. The number of nitrogens with two attached hydrogens (primary N) is 1. The number of phenolic OH excluding ortho intramolecular Hbond substituents is 1. The quantitative estimate of drug-likeness (QED) is 0.178. The zero-order valence-electron chi connectivity index (χ0n) is 20.6. The monoisotopic (exact) mass is 483 g/mol. The minimum atomic E-state index is -0.685. The Morgan fingerprint density at radius 1 is 0.771 bits per heavy atom. The molecule has 2 aromatic carbocycles. The standard InChI is InChI=1S/C27H41N5O3/c28-14-6-17-29-15-4-5-16-30-18-7-19-31-27(35)25(20-23-10-12-24(33)13-11-23)32-26(34)21-22-8-2-1-3-9-22/h1-3,8-13,25,29-30,33H,4-7,14-21,28H2,(H,31,35)(H,32,34)/t25-/m0/s1. The van der Waals surface area contributed by atoms with E-state index in [9.17, 15) is 14.7 Å². The smallest absolute Gasteiger partial charge is 0.242 e. The van der Waals surface area contributed by atoms with Crippen LogP contribution < -0.4 is 27.0 Å². The summed E-state index contributed by atoms with van der Waals surface area (Å²) < 4.78 is 0. The third-order valence-electron chi connectivity index (χ3n) is 5.58. The van der Waals surface area contributed by atoms with E-state index in [-0.39, 0.29) is 24.0 Å². The number of aromatic hydroxyl groups is 1. The SMILES string of the molecule is NCCCNCCCCNCCCNC(=O)[C@H](Cc1ccc(O)cc1)NC(=O)Cc1ccccc1. The molecule has 0 bridgehead atoms. The third kappa shape index (κ3) is 12.9. The summed E-state index contributed by atoms with van der Waals surface area (Å²) in [5.41, 5.74) is 7.23. The third-order valence-corrected chi connectivity index (χ3v) is 5.58. The lowest BCUT2D eigenvalue weighted by Gasteiger charge is -2.19. The molecule has 7 N–H and O–H groups in total. The van der Waals surface area contributed by atoms with Gasteiger partial charge in [-0.2, -0.15) is 0 Å². The lowest BCUT2D eigenvalue weighted by Crippen LogP contribution is -2.48. The van der Waals surface area contributed by atoms with Gasteiger partial charge in [0.1, 0.15) is 11.8 Å². The van der Waals surface area contributed by atoms with Crippen molar-refractivity contribution >= 4 is 11.8 Å². The van der Waals surface area contributed by atoms with Crippen LogP contribution in [0.1, 0.15) is 36.8 Å². The number of rotatable bonds is 18. The van der Waals surface area contributed by atoms with Crippen LogP contribution in [0.15, 0.2) is 54.6 Å². The van der Waals surface area contributed by atoms with Crippen LogP contribution in [0.5, 0.6) is 5.75 Å². The number of benzene rings is 2. The molecule has 0 aromatic heterocycles. The molecule has 2 aromatic rings. The van der Waals surface area contributed by atoms with Gasteiger partial charge in [-0.05, 0) is 81.7 Å². The van der Waals surface area contributed by atoms with E-state index in [1.165, 1.54) is 0 Å². The summed E-state index contributed by atoms with van der Waals surface area (Å²) in [4.78, 5) is 25.5. The van der Waals surface area contributed by atoms with E-state index in [4.69, 9.17) is 5.73 Å².